The Morgan fingerprint density at radius 1 is 1.21 bits per heavy atom. The minimum atomic E-state index is -0.440. The maximum absolute atomic E-state index is 14.5. The van der Waals surface area contributed by atoms with Gasteiger partial charge in [0.1, 0.15) is 11.6 Å². The third-order valence-electron chi connectivity index (χ3n) is 4.58. The normalized spacial score (nSPS) is 15.1. The highest BCUT2D eigenvalue weighted by molar-refractivity contribution is 6.02. The van der Waals surface area contributed by atoms with Gasteiger partial charge in [0.05, 0.1) is 36.7 Å². The molecule has 0 spiro atoms. The molecule has 4 rings (SSSR count). The molecule has 1 aliphatic heterocycles. The molecular formula is C20H19F2N3O3. The number of aliphatic imine (C=N–C) groups is 1. The molecule has 1 saturated heterocycles. The number of nitrogens with one attached hydrogen (secondary N) is 1. The highest BCUT2D eigenvalue weighted by Crippen LogP contribution is 2.28. The van der Waals surface area contributed by atoms with Crippen LogP contribution in [0.25, 0.3) is 10.9 Å². The van der Waals surface area contributed by atoms with Crippen LogP contribution in [0.3, 0.4) is 0 Å². The highest BCUT2D eigenvalue weighted by Gasteiger charge is 2.19. The van der Waals surface area contributed by atoms with Crippen molar-refractivity contribution >= 4 is 28.5 Å². The number of H-pyrrole nitrogens is 1. The molecule has 0 amide bonds. The van der Waals surface area contributed by atoms with E-state index < -0.39 is 11.6 Å². The maximum atomic E-state index is 14.5. The average molecular weight is 387 g/mol. The number of fused-ring (bicyclic) bond motifs is 1. The third kappa shape index (κ3) is 3.69. The summed E-state index contributed by atoms with van der Waals surface area (Å²) in [7, 11) is 1.75. The Bertz CT molecular complexity index is 1030. The van der Waals surface area contributed by atoms with E-state index in [1.807, 2.05) is 0 Å². The van der Waals surface area contributed by atoms with Crippen molar-refractivity contribution in [3.05, 3.63) is 53.6 Å². The molecule has 1 aromatic heterocycles. The number of benzene rings is 2. The molecule has 28 heavy (non-hydrogen) atoms. The first-order chi connectivity index (χ1) is 13.5. The molecule has 0 radical (unpaired) electrons. The number of halogens is 2. The molecule has 2 aromatic carbocycles. The van der Waals surface area contributed by atoms with Gasteiger partial charge in [-0.15, -0.1) is 0 Å². The zero-order valence-electron chi connectivity index (χ0n) is 15.2. The van der Waals surface area contributed by atoms with Gasteiger partial charge < -0.3 is 24.5 Å². The summed E-state index contributed by atoms with van der Waals surface area (Å²) in [6.07, 6.45) is 1.01. The molecule has 1 aliphatic rings. The van der Waals surface area contributed by atoms with E-state index >= 15 is 0 Å². The summed E-state index contributed by atoms with van der Waals surface area (Å²) in [5.74, 6) is -0.989. The minimum Gasteiger partial charge on any atom is -0.494 e. The quantitative estimate of drug-likeness (QED) is 0.655. The number of ether oxygens (including phenoxy) is 2. The summed E-state index contributed by atoms with van der Waals surface area (Å²) in [6, 6.07) is 8.71. The fraction of sp³-hybridized carbons (Fsp3) is 0.250. The van der Waals surface area contributed by atoms with Gasteiger partial charge in [-0.25, -0.2) is 8.78 Å². The Morgan fingerprint density at radius 2 is 2.00 bits per heavy atom. The summed E-state index contributed by atoms with van der Waals surface area (Å²) < 4.78 is 38.8. The van der Waals surface area contributed by atoms with Crippen molar-refractivity contribution in [1.29, 1.82) is 0 Å². The van der Waals surface area contributed by atoms with Crippen LogP contribution in [0.2, 0.25) is 0 Å². The predicted octanol–water partition coefficient (Wildman–Crippen LogP) is 3.71. The van der Waals surface area contributed by atoms with Crippen molar-refractivity contribution in [2.24, 2.45) is 4.99 Å². The maximum Gasteiger partial charge on any atom is 0.198 e. The minimum absolute atomic E-state index is 0.127. The Kier molecular flexibility index (Phi) is 4.97. The number of aromatic amines is 1. The molecule has 0 atom stereocenters. The summed E-state index contributed by atoms with van der Waals surface area (Å²) in [5, 5.41) is 10.5. The van der Waals surface area contributed by atoms with E-state index in [1.54, 1.807) is 24.1 Å². The topological polar surface area (TPSA) is 70.1 Å². The van der Waals surface area contributed by atoms with Gasteiger partial charge in [-0.3, -0.25) is 4.99 Å². The Hall–Kier alpha value is -2.97. The van der Waals surface area contributed by atoms with Crippen LogP contribution in [-0.4, -0.2) is 49.4 Å². The standard InChI is InChI=1S/C20H19F2N3O3/c1-25(11-19-27-6-7-28-19)18-5-3-13(9-16(18)22)23-10-15-14-8-12(21)2-4-17(14)24-20(15)26/h2-5,8-10,19,24,26H,6-7,11H2,1H3. The van der Waals surface area contributed by atoms with Crippen LogP contribution in [0.1, 0.15) is 5.56 Å². The van der Waals surface area contributed by atoms with Gasteiger partial charge in [0, 0.05) is 30.2 Å². The van der Waals surface area contributed by atoms with Gasteiger partial charge in [-0.05, 0) is 30.3 Å². The number of nitrogens with zero attached hydrogens (tertiary/aromatic N) is 2. The fourth-order valence-electron chi connectivity index (χ4n) is 3.16. The fourth-order valence-corrected chi connectivity index (χ4v) is 3.16. The van der Waals surface area contributed by atoms with Gasteiger partial charge >= 0.3 is 0 Å². The lowest BCUT2D eigenvalue weighted by Crippen LogP contribution is -2.30. The Balaban J connectivity index is 1.55. The summed E-state index contributed by atoms with van der Waals surface area (Å²) in [5.41, 5.74) is 1.69. The largest absolute Gasteiger partial charge is 0.494 e. The second-order valence-electron chi connectivity index (χ2n) is 6.52. The van der Waals surface area contributed by atoms with Crippen LogP contribution in [0.4, 0.5) is 20.2 Å². The smallest absolute Gasteiger partial charge is 0.198 e. The van der Waals surface area contributed by atoms with Crippen molar-refractivity contribution < 1.29 is 23.4 Å². The Labute approximate surface area is 160 Å². The molecule has 8 heteroatoms. The van der Waals surface area contributed by atoms with Crippen molar-refractivity contribution in [3.8, 4) is 5.88 Å². The average Bonchev–Trinajstić information content (AvgIpc) is 3.27. The van der Waals surface area contributed by atoms with Gasteiger partial charge in [-0.2, -0.15) is 0 Å². The number of aromatic hydroxyl groups is 1. The van der Waals surface area contributed by atoms with E-state index in [0.717, 1.165) is 0 Å². The molecular weight excluding hydrogens is 368 g/mol. The summed E-state index contributed by atoms with van der Waals surface area (Å²) in [6.45, 7) is 1.49. The van der Waals surface area contributed by atoms with Gasteiger partial charge in [0.2, 0.25) is 0 Å². The van der Waals surface area contributed by atoms with E-state index in [4.69, 9.17) is 9.47 Å². The van der Waals surface area contributed by atoms with Gasteiger partial charge in [-0.1, -0.05) is 0 Å². The SMILES string of the molecule is CN(CC1OCCO1)c1ccc(N=Cc2c(O)[nH]c3ccc(F)cc23)cc1F. The monoisotopic (exact) mass is 387 g/mol. The van der Waals surface area contributed by atoms with E-state index in [2.05, 4.69) is 9.98 Å². The number of rotatable bonds is 5. The first-order valence-electron chi connectivity index (χ1n) is 8.79. The summed E-state index contributed by atoms with van der Waals surface area (Å²) in [4.78, 5) is 8.69. The van der Waals surface area contributed by atoms with Gasteiger partial charge in [0.15, 0.2) is 12.2 Å². The van der Waals surface area contributed by atoms with Crippen LogP contribution < -0.4 is 4.90 Å². The van der Waals surface area contributed by atoms with Crippen LogP contribution >= 0.6 is 0 Å². The van der Waals surface area contributed by atoms with E-state index in [1.165, 1.54) is 30.5 Å². The van der Waals surface area contributed by atoms with Gasteiger partial charge in [0.25, 0.3) is 0 Å². The zero-order chi connectivity index (χ0) is 19.7. The first kappa shape index (κ1) is 18.4. The zero-order valence-corrected chi connectivity index (χ0v) is 15.2. The first-order valence-corrected chi connectivity index (χ1v) is 8.79. The molecule has 1 fully saturated rings. The summed E-state index contributed by atoms with van der Waals surface area (Å²) >= 11 is 0. The number of anilines is 1. The van der Waals surface area contributed by atoms with Crippen LogP contribution in [0.15, 0.2) is 41.4 Å². The molecule has 3 aromatic rings. The lowest BCUT2D eigenvalue weighted by Gasteiger charge is -2.22. The molecule has 2 N–H and O–H groups in total. The molecule has 0 saturated carbocycles. The highest BCUT2D eigenvalue weighted by atomic mass is 19.1. The van der Waals surface area contributed by atoms with Crippen molar-refractivity contribution in [2.75, 3.05) is 31.7 Å². The number of aromatic nitrogens is 1. The molecule has 146 valence electrons. The van der Waals surface area contributed by atoms with E-state index in [0.29, 0.717) is 47.6 Å². The molecule has 6 nitrogen and oxygen atoms in total. The lowest BCUT2D eigenvalue weighted by molar-refractivity contribution is -0.0336. The second kappa shape index (κ2) is 7.57. The molecule has 0 aliphatic carbocycles. The third-order valence-corrected chi connectivity index (χ3v) is 4.58. The van der Waals surface area contributed by atoms with Crippen LogP contribution in [0, 0.1) is 11.6 Å². The molecule has 0 bridgehead atoms. The number of hydrogen-bond acceptors (Lipinski definition) is 5. The number of hydrogen-bond donors (Lipinski definition) is 2. The van der Waals surface area contributed by atoms with Crippen molar-refractivity contribution in [2.45, 2.75) is 6.29 Å². The predicted molar refractivity (Wildman–Crippen MR) is 103 cm³/mol. The second-order valence-corrected chi connectivity index (χ2v) is 6.52. The molecule has 0 unspecified atom stereocenters. The van der Waals surface area contributed by atoms with E-state index in [-0.39, 0.29) is 12.2 Å². The van der Waals surface area contributed by atoms with Crippen LogP contribution in [0.5, 0.6) is 5.88 Å². The Morgan fingerprint density at radius 3 is 2.75 bits per heavy atom. The van der Waals surface area contributed by atoms with Crippen molar-refractivity contribution in [3.63, 3.8) is 0 Å². The van der Waals surface area contributed by atoms with Crippen molar-refractivity contribution in [1.82, 2.24) is 4.98 Å². The number of likely N-dealkylation sites (N-methyl/N-ethyl adjacent to an activating group) is 1. The molecule has 2 heterocycles. The lowest BCUT2D eigenvalue weighted by atomic mass is 10.2. The van der Waals surface area contributed by atoms with Crippen LogP contribution in [-0.2, 0) is 9.47 Å². The van der Waals surface area contributed by atoms with E-state index in [9.17, 15) is 13.9 Å².